The number of hydrogen-bond donors (Lipinski definition) is 1. The monoisotopic (exact) mass is 318 g/mol. The lowest BCUT2D eigenvalue weighted by Gasteiger charge is -2.33. The molecule has 0 aliphatic carbocycles. The van der Waals surface area contributed by atoms with Crippen LogP contribution in [0.2, 0.25) is 0 Å². The predicted molar refractivity (Wildman–Crippen MR) is 89.5 cm³/mol. The number of benzene rings is 1. The van der Waals surface area contributed by atoms with Crippen LogP contribution < -0.4 is 10.1 Å². The largest absolute Gasteiger partial charge is 0.497 e. The molecule has 1 fully saturated rings. The molecule has 1 atom stereocenters. The molecule has 0 saturated carbocycles. The molecule has 1 saturated heterocycles. The van der Waals surface area contributed by atoms with E-state index in [1.807, 2.05) is 36.9 Å². The molecule has 5 nitrogen and oxygen atoms in total. The molecule has 2 amide bonds. The van der Waals surface area contributed by atoms with Crippen LogP contribution in [0.5, 0.6) is 5.75 Å². The SMILES string of the molecule is COc1cccc(C(=O)N2CCC[C@H](CNC(=O)C(C)C)C2)c1. The average Bonchev–Trinajstić information content (AvgIpc) is 2.59. The van der Waals surface area contributed by atoms with E-state index >= 15 is 0 Å². The van der Waals surface area contributed by atoms with Gasteiger partial charge in [0, 0.05) is 31.1 Å². The highest BCUT2D eigenvalue weighted by Gasteiger charge is 2.25. The summed E-state index contributed by atoms with van der Waals surface area (Å²) in [6, 6.07) is 7.25. The van der Waals surface area contributed by atoms with Crippen molar-refractivity contribution in [2.75, 3.05) is 26.7 Å². The van der Waals surface area contributed by atoms with Gasteiger partial charge in [-0.1, -0.05) is 19.9 Å². The van der Waals surface area contributed by atoms with Gasteiger partial charge in [0.2, 0.25) is 5.91 Å². The maximum Gasteiger partial charge on any atom is 0.253 e. The van der Waals surface area contributed by atoms with E-state index in [0.717, 1.165) is 19.4 Å². The number of ether oxygens (including phenoxy) is 1. The quantitative estimate of drug-likeness (QED) is 0.906. The third-order valence-corrected chi connectivity index (χ3v) is 4.21. The number of nitrogens with one attached hydrogen (secondary N) is 1. The number of hydrogen-bond acceptors (Lipinski definition) is 3. The molecule has 0 aromatic heterocycles. The standard InChI is InChI=1S/C18H26N2O3/c1-13(2)17(21)19-11-14-6-5-9-20(12-14)18(22)15-7-4-8-16(10-15)23-3/h4,7-8,10,13-14H,5-6,9,11-12H2,1-3H3,(H,19,21)/t14-/m1/s1. The first kappa shape index (κ1) is 17.3. The first-order valence-corrected chi connectivity index (χ1v) is 8.22. The Bertz CT molecular complexity index is 557. The first-order chi connectivity index (χ1) is 11.0. The van der Waals surface area contributed by atoms with Gasteiger partial charge in [0.25, 0.3) is 5.91 Å². The predicted octanol–water partition coefficient (Wildman–Crippen LogP) is 2.32. The van der Waals surface area contributed by atoms with E-state index in [4.69, 9.17) is 4.74 Å². The molecule has 1 aliphatic heterocycles. The van der Waals surface area contributed by atoms with Crippen molar-refractivity contribution in [2.45, 2.75) is 26.7 Å². The fourth-order valence-electron chi connectivity index (χ4n) is 2.80. The Labute approximate surface area is 138 Å². The number of amides is 2. The van der Waals surface area contributed by atoms with Crippen LogP contribution in [0, 0.1) is 11.8 Å². The molecule has 1 aromatic rings. The van der Waals surface area contributed by atoms with Crippen molar-refractivity contribution in [3.05, 3.63) is 29.8 Å². The second-order valence-corrected chi connectivity index (χ2v) is 6.39. The number of piperidine rings is 1. The lowest BCUT2D eigenvalue weighted by atomic mass is 9.97. The molecule has 0 bridgehead atoms. The summed E-state index contributed by atoms with van der Waals surface area (Å²) in [4.78, 5) is 26.2. The van der Waals surface area contributed by atoms with E-state index in [1.54, 1.807) is 13.2 Å². The van der Waals surface area contributed by atoms with Gasteiger partial charge in [-0.2, -0.15) is 0 Å². The molecule has 1 N–H and O–H groups in total. The minimum absolute atomic E-state index is 0.00638. The minimum Gasteiger partial charge on any atom is -0.497 e. The van der Waals surface area contributed by atoms with Crippen molar-refractivity contribution in [1.82, 2.24) is 10.2 Å². The summed E-state index contributed by atoms with van der Waals surface area (Å²) in [5, 5.41) is 2.97. The summed E-state index contributed by atoms with van der Waals surface area (Å²) in [6.45, 7) is 5.86. The van der Waals surface area contributed by atoms with Crippen molar-refractivity contribution in [3.8, 4) is 5.75 Å². The molecular formula is C18H26N2O3. The van der Waals surface area contributed by atoms with Crippen molar-refractivity contribution in [2.24, 2.45) is 11.8 Å². The first-order valence-electron chi connectivity index (χ1n) is 8.22. The fraction of sp³-hybridized carbons (Fsp3) is 0.556. The molecule has 0 radical (unpaired) electrons. The Morgan fingerprint density at radius 2 is 2.17 bits per heavy atom. The van der Waals surface area contributed by atoms with Crippen molar-refractivity contribution in [1.29, 1.82) is 0 Å². The molecule has 2 rings (SSSR count). The number of nitrogens with zero attached hydrogens (tertiary/aromatic N) is 1. The third kappa shape index (κ3) is 4.71. The summed E-state index contributed by atoms with van der Waals surface area (Å²) in [7, 11) is 1.60. The topological polar surface area (TPSA) is 58.6 Å². The molecule has 5 heteroatoms. The molecular weight excluding hydrogens is 292 g/mol. The summed E-state index contributed by atoms with van der Waals surface area (Å²) in [5.41, 5.74) is 0.649. The molecule has 0 unspecified atom stereocenters. The normalized spacial score (nSPS) is 17.9. The number of carbonyl (C=O) groups excluding carboxylic acids is 2. The molecule has 1 heterocycles. The molecule has 126 valence electrons. The van der Waals surface area contributed by atoms with Crippen LogP contribution in [-0.2, 0) is 4.79 Å². The smallest absolute Gasteiger partial charge is 0.253 e. The lowest BCUT2D eigenvalue weighted by molar-refractivity contribution is -0.124. The Balaban J connectivity index is 1.94. The number of methoxy groups -OCH3 is 1. The van der Waals surface area contributed by atoms with Crippen LogP contribution in [0.4, 0.5) is 0 Å². The second-order valence-electron chi connectivity index (χ2n) is 6.39. The van der Waals surface area contributed by atoms with Crippen LogP contribution in [0.15, 0.2) is 24.3 Å². The zero-order valence-corrected chi connectivity index (χ0v) is 14.2. The highest BCUT2D eigenvalue weighted by molar-refractivity contribution is 5.94. The van der Waals surface area contributed by atoms with E-state index in [9.17, 15) is 9.59 Å². The van der Waals surface area contributed by atoms with Crippen LogP contribution in [0.1, 0.15) is 37.0 Å². The molecule has 1 aromatic carbocycles. The lowest BCUT2D eigenvalue weighted by Crippen LogP contribution is -2.44. The van der Waals surface area contributed by atoms with Gasteiger partial charge < -0.3 is 15.0 Å². The van der Waals surface area contributed by atoms with Gasteiger partial charge in [0.05, 0.1) is 7.11 Å². The average molecular weight is 318 g/mol. The van der Waals surface area contributed by atoms with Crippen LogP contribution in [-0.4, -0.2) is 43.5 Å². The van der Waals surface area contributed by atoms with Crippen molar-refractivity contribution >= 4 is 11.8 Å². The molecule has 0 spiro atoms. The minimum atomic E-state index is -0.00638. The maximum atomic E-state index is 12.6. The third-order valence-electron chi connectivity index (χ3n) is 4.21. The highest BCUT2D eigenvalue weighted by atomic mass is 16.5. The second kappa shape index (κ2) is 7.99. The maximum absolute atomic E-state index is 12.6. The van der Waals surface area contributed by atoms with Gasteiger partial charge in [0.15, 0.2) is 0 Å². The van der Waals surface area contributed by atoms with Gasteiger partial charge in [-0.25, -0.2) is 0 Å². The Kier molecular flexibility index (Phi) is 6.02. The summed E-state index contributed by atoms with van der Waals surface area (Å²) in [6.07, 6.45) is 2.01. The van der Waals surface area contributed by atoms with Crippen molar-refractivity contribution in [3.63, 3.8) is 0 Å². The van der Waals surface area contributed by atoms with E-state index in [1.165, 1.54) is 0 Å². The van der Waals surface area contributed by atoms with Gasteiger partial charge in [-0.15, -0.1) is 0 Å². The van der Waals surface area contributed by atoms with E-state index in [0.29, 0.717) is 30.3 Å². The van der Waals surface area contributed by atoms with Gasteiger partial charge in [0.1, 0.15) is 5.75 Å². The van der Waals surface area contributed by atoms with Gasteiger partial charge >= 0.3 is 0 Å². The van der Waals surface area contributed by atoms with E-state index in [-0.39, 0.29) is 17.7 Å². The zero-order chi connectivity index (χ0) is 16.8. The van der Waals surface area contributed by atoms with Crippen LogP contribution >= 0.6 is 0 Å². The number of rotatable bonds is 5. The number of carbonyl (C=O) groups is 2. The van der Waals surface area contributed by atoms with Crippen LogP contribution in [0.3, 0.4) is 0 Å². The van der Waals surface area contributed by atoms with E-state index < -0.39 is 0 Å². The molecule has 1 aliphatic rings. The summed E-state index contributed by atoms with van der Waals surface area (Å²) < 4.78 is 5.18. The summed E-state index contributed by atoms with van der Waals surface area (Å²) >= 11 is 0. The number of likely N-dealkylation sites (tertiary alicyclic amines) is 1. The molecule has 23 heavy (non-hydrogen) atoms. The Hall–Kier alpha value is -2.04. The Morgan fingerprint density at radius 1 is 1.39 bits per heavy atom. The van der Waals surface area contributed by atoms with Gasteiger partial charge in [-0.05, 0) is 37.0 Å². The van der Waals surface area contributed by atoms with Crippen LogP contribution in [0.25, 0.3) is 0 Å². The van der Waals surface area contributed by atoms with Gasteiger partial charge in [-0.3, -0.25) is 9.59 Å². The summed E-state index contributed by atoms with van der Waals surface area (Å²) in [5.74, 6) is 1.10. The van der Waals surface area contributed by atoms with E-state index in [2.05, 4.69) is 5.32 Å². The van der Waals surface area contributed by atoms with Crippen molar-refractivity contribution < 1.29 is 14.3 Å². The zero-order valence-electron chi connectivity index (χ0n) is 14.2. The Morgan fingerprint density at radius 3 is 2.87 bits per heavy atom. The highest BCUT2D eigenvalue weighted by Crippen LogP contribution is 2.20. The fourth-order valence-corrected chi connectivity index (χ4v) is 2.80.